The van der Waals surface area contributed by atoms with Gasteiger partial charge in [0, 0.05) is 11.1 Å². The zero-order chi connectivity index (χ0) is 19.1. The number of nitrogens with one attached hydrogen (secondary N) is 1. The van der Waals surface area contributed by atoms with E-state index in [1.165, 1.54) is 6.20 Å². The highest BCUT2D eigenvalue weighted by molar-refractivity contribution is 7.22. The number of carbonyl (C=O) groups is 1. The van der Waals surface area contributed by atoms with Gasteiger partial charge in [-0.1, -0.05) is 29.0 Å². The summed E-state index contributed by atoms with van der Waals surface area (Å²) in [6.45, 7) is 1.76. The molecule has 0 fully saturated rings. The average Bonchev–Trinajstić information content (AvgIpc) is 3.18. The molecule has 0 spiro atoms. The molecule has 0 bridgehead atoms. The Morgan fingerprint density at radius 2 is 2.00 bits per heavy atom. The quantitative estimate of drug-likeness (QED) is 0.524. The van der Waals surface area contributed by atoms with Gasteiger partial charge in [0.1, 0.15) is 0 Å². The highest BCUT2D eigenvalue weighted by atomic mass is 35.5. The Bertz CT molecular complexity index is 1150. The minimum Gasteiger partial charge on any atom is -0.298 e. The third-order valence-electron chi connectivity index (χ3n) is 3.96. The van der Waals surface area contributed by atoms with Crippen LogP contribution in [0.4, 0.5) is 13.9 Å². The van der Waals surface area contributed by atoms with Crippen LogP contribution in [0.2, 0.25) is 5.02 Å². The number of halogens is 3. The van der Waals surface area contributed by atoms with Gasteiger partial charge in [0.2, 0.25) is 0 Å². The van der Waals surface area contributed by atoms with Crippen molar-refractivity contribution in [3.05, 3.63) is 70.5 Å². The van der Waals surface area contributed by atoms with Crippen LogP contribution < -0.4 is 5.32 Å². The summed E-state index contributed by atoms with van der Waals surface area (Å²) in [5, 5.41) is 7.69. The van der Waals surface area contributed by atoms with Gasteiger partial charge in [-0.3, -0.25) is 10.1 Å². The van der Waals surface area contributed by atoms with Crippen LogP contribution in [0.5, 0.6) is 0 Å². The van der Waals surface area contributed by atoms with Gasteiger partial charge in [-0.05, 0) is 31.2 Å². The number of benzene rings is 2. The summed E-state index contributed by atoms with van der Waals surface area (Å²) in [6, 6.07) is 9.15. The normalized spacial score (nSPS) is 11.1. The largest absolute Gasteiger partial charge is 0.298 e. The van der Waals surface area contributed by atoms with Gasteiger partial charge in [-0.2, -0.15) is 5.10 Å². The Kier molecular flexibility index (Phi) is 4.37. The van der Waals surface area contributed by atoms with Crippen LogP contribution in [0.1, 0.15) is 16.1 Å². The van der Waals surface area contributed by atoms with Crippen molar-refractivity contribution in [3.8, 4) is 5.69 Å². The molecule has 0 atom stereocenters. The molecule has 5 nitrogen and oxygen atoms in total. The smallest absolute Gasteiger partial charge is 0.260 e. The number of hydrogen-bond donors (Lipinski definition) is 1. The lowest BCUT2D eigenvalue weighted by Gasteiger charge is -2.06. The monoisotopic (exact) mass is 404 g/mol. The molecule has 2 aromatic carbocycles. The summed E-state index contributed by atoms with van der Waals surface area (Å²) < 4.78 is 28.7. The summed E-state index contributed by atoms with van der Waals surface area (Å²) in [5.41, 5.74) is 1.98. The molecule has 0 aliphatic carbocycles. The van der Waals surface area contributed by atoms with E-state index in [2.05, 4.69) is 15.4 Å². The highest BCUT2D eigenvalue weighted by Gasteiger charge is 2.17. The standard InChI is InChI=1S/C18H11ClF2N4OS/c1-9-12(8-22-25(9)11-4-2-3-10(19)5-11)17(26)24-18-23-15-6-13(20)14(21)7-16(15)27-18/h2-8H,1H3,(H,23,24,26). The third kappa shape index (κ3) is 3.29. The number of hydrogen-bond acceptors (Lipinski definition) is 4. The zero-order valence-corrected chi connectivity index (χ0v) is 15.4. The minimum absolute atomic E-state index is 0.245. The van der Waals surface area contributed by atoms with Crippen molar-refractivity contribution < 1.29 is 13.6 Å². The van der Waals surface area contributed by atoms with Crippen LogP contribution in [-0.4, -0.2) is 20.7 Å². The molecule has 0 radical (unpaired) electrons. The average molecular weight is 405 g/mol. The molecule has 0 aliphatic rings. The Labute approximate surface area is 161 Å². The number of carbonyl (C=O) groups excluding carboxylic acids is 1. The zero-order valence-electron chi connectivity index (χ0n) is 13.8. The molecule has 0 saturated carbocycles. The molecule has 2 aromatic heterocycles. The van der Waals surface area contributed by atoms with Crippen molar-refractivity contribution in [2.45, 2.75) is 6.92 Å². The molecule has 0 aliphatic heterocycles. The van der Waals surface area contributed by atoms with Gasteiger partial charge in [-0.15, -0.1) is 0 Å². The third-order valence-corrected chi connectivity index (χ3v) is 5.13. The van der Waals surface area contributed by atoms with Crippen LogP contribution in [0.25, 0.3) is 15.9 Å². The second-order valence-corrected chi connectivity index (χ2v) is 7.21. The molecule has 136 valence electrons. The molecule has 4 aromatic rings. The number of thiazole rings is 1. The topological polar surface area (TPSA) is 59.8 Å². The van der Waals surface area contributed by atoms with E-state index in [9.17, 15) is 13.6 Å². The van der Waals surface area contributed by atoms with E-state index in [1.807, 2.05) is 6.07 Å². The van der Waals surface area contributed by atoms with Gasteiger partial charge in [-0.25, -0.2) is 18.4 Å². The summed E-state index contributed by atoms with van der Waals surface area (Å²) in [6.07, 6.45) is 1.44. The minimum atomic E-state index is -0.982. The van der Waals surface area contributed by atoms with Gasteiger partial charge in [0.25, 0.3) is 5.91 Å². The molecular weight excluding hydrogens is 394 g/mol. The summed E-state index contributed by atoms with van der Waals surface area (Å²) in [7, 11) is 0. The molecule has 1 N–H and O–H groups in total. The number of rotatable bonds is 3. The lowest BCUT2D eigenvalue weighted by molar-refractivity contribution is 0.102. The molecule has 1 amide bonds. The van der Waals surface area contributed by atoms with E-state index >= 15 is 0 Å². The van der Waals surface area contributed by atoms with Gasteiger partial charge in [0.15, 0.2) is 16.8 Å². The summed E-state index contributed by atoms with van der Waals surface area (Å²) in [5.74, 6) is -2.35. The number of nitrogens with zero attached hydrogens (tertiary/aromatic N) is 3. The van der Waals surface area contributed by atoms with E-state index in [1.54, 1.807) is 29.8 Å². The van der Waals surface area contributed by atoms with Gasteiger partial charge in [0.05, 0.1) is 33.4 Å². The van der Waals surface area contributed by atoms with Crippen molar-refractivity contribution in [3.63, 3.8) is 0 Å². The number of anilines is 1. The fourth-order valence-corrected chi connectivity index (χ4v) is 3.69. The summed E-state index contributed by atoms with van der Waals surface area (Å²) in [4.78, 5) is 16.7. The fourth-order valence-electron chi connectivity index (χ4n) is 2.64. The first-order valence-corrected chi connectivity index (χ1v) is 8.99. The fraction of sp³-hybridized carbons (Fsp3) is 0.0556. The van der Waals surface area contributed by atoms with Gasteiger partial charge >= 0.3 is 0 Å². The summed E-state index contributed by atoms with van der Waals surface area (Å²) >= 11 is 7.06. The molecule has 0 saturated heterocycles. The number of fused-ring (bicyclic) bond motifs is 1. The van der Waals surface area contributed by atoms with Crippen LogP contribution in [0, 0.1) is 18.6 Å². The first kappa shape index (κ1) is 17.6. The van der Waals surface area contributed by atoms with Crippen LogP contribution in [0.15, 0.2) is 42.6 Å². The Hall–Kier alpha value is -2.84. The number of amides is 1. The van der Waals surface area contributed by atoms with Crippen molar-refractivity contribution >= 4 is 44.2 Å². The second kappa shape index (κ2) is 6.71. The highest BCUT2D eigenvalue weighted by Crippen LogP contribution is 2.28. The maximum absolute atomic E-state index is 13.3. The first-order valence-electron chi connectivity index (χ1n) is 7.80. The lowest BCUT2D eigenvalue weighted by Crippen LogP contribution is -2.12. The maximum Gasteiger partial charge on any atom is 0.260 e. The molecule has 0 unspecified atom stereocenters. The molecule has 27 heavy (non-hydrogen) atoms. The van der Waals surface area contributed by atoms with Crippen LogP contribution in [-0.2, 0) is 0 Å². The predicted molar refractivity (Wildman–Crippen MR) is 101 cm³/mol. The SMILES string of the molecule is Cc1c(C(=O)Nc2nc3cc(F)c(F)cc3s2)cnn1-c1cccc(Cl)c1. The molecule has 2 heterocycles. The van der Waals surface area contributed by atoms with Crippen molar-refractivity contribution in [1.29, 1.82) is 0 Å². The predicted octanol–water partition coefficient (Wildman–Crippen LogP) is 4.97. The Morgan fingerprint density at radius 1 is 1.22 bits per heavy atom. The van der Waals surface area contributed by atoms with Crippen LogP contribution >= 0.6 is 22.9 Å². The molecular formula is C18H11ClF2N4OS. The lowest BCUT2D eigenvalue weighted by atomic mass is 10.2. The van der Waals surface area contributed by atoms with E-state index in [-0.39, 0.29) is 10.6 Å². The molecule has 4 rings (SSSR count). The van der Waals surface area contributed by atoms with Gasteiger partial charge < -0.3 is 0 Å². The first-order chi connectivity index (χ1) is 12.9. The van der Waals surface area contributed by atoms with Crippen molar-refractivity contribution in [2.24, 2.45) is 0 Å². The maximum atomic E-state index is 13.3. The Morgan fingerprint density at radius 3 is 2.78 bits per heavy atom. The van der Waals surface area contributed by atoms with E-state index in [0.717, 1.165) is 29.2 Å². The van der Waals surface area contributed by atoms with E-state index < -0.39 is 17.5 Å². The number of aromatic nitrogens is 3. The van der Waals surface area contributed by atoms with E-state index in [4.69, 9.17) is 11.6 Å². The second-order valence-electron chi connectivity index (χ2n) is 5.74. The van der Waals surface area contributed by atoms with Crippen molar-refractivity contribution in [2.75, 3.05) is 5.32 Å². The van der Waals surface area contributed by atoms with Crippen molar-refractivity contribution in [1.82, 2.24) is 14.8 Å². The molecule has 9 heteroatoms. The Balaban J connectivity index is 1.62. The van der Waals surface area contributed by atoms with E-state index in [0.29, 0.717) is 21.0 Å². The van der Waals surface area contributed by atoms with Crippen LogP contribution in [0.3, 0.4) is 0 Å².